The highest BCUT2D eigenvalue weighted by Gasteiger charge is 2.12. The Kier molecular flexibility index (Phi) is 5.99. The number of hydrogen-bond acceptors (Lipinski definition) is 3. The molecule has 0 heterocycles. The van der Waals surface area contributed by atoms with Gasteiger partial charge in [0.15, 0.2) is 11.5 Å². The van der Waals surface area contributed by atoms with Crippen LogP contribution in [0.2, 0.25) is 15.1 Å². The number of amides is 1. The van der Waals surface area contributed by atoms with Gasteiger partial charge in [-0.05, 0) is 29.8 Å². The van der Waals surface area contributed by atoms with Gasteiger partial charge in [0, 0.05) is 33.2 Å². The molecule has 0 bridgehead atoms. The van der Waals surface area contributed by atoms with E-state index in [2.05, 4.69) is 5.32 Å². The molecule has 0 atom stereocenters. The number of rotatable bonds is 5. The number of halogens is 3. The van der Waals surface area contributed by atoms with Crippen LogP contribution in [0.5, 0.6) is 11.5 Å². The van der Waals surface area contributed by atoms with Gasteiger partial charge in [-0.2, -0.15) is 0 Å². The first-order chi connectivity index (χ1) is 10.9. The van der Waals surface area contributed by atoms with Crippen LogP contribution in [0, 0.1) is 0 Å². The van der Waals surface area contributed by atoms with Crippen molar-refractivity contribution < 1.29 is 14.3 Å². The van der Waals surface area contributed by atoms with E-state index < -0.39 is 0 Å². The zero-order valence-electron chi connectivity index (χ0n) is 12.5. The summed E-state index contributed by atoms with van der Waals surface area (Å²) in [7, 11) is 3.06. The van der Waals surface area contributed by atoms with Gasteiger partial charge >= 0.3 is 0 Å². The zero-order valence-corrected chi connectivity index (χ0v) is 14.7. The molecule has 0 radical (unpaired) electrons. The van der Waals surface area contributed by atoms with Gasteiger partial charge in [0.25, 0.3) is 5.91 Å². The fraction of sp³-hybridized carbons (Fsp3) is 0.188. The van der Waals surface area contributed by atoms with Gasteiger partial charge in [-0.25, -0.2) is 0 Å². The van der Waals surface area contributed by atoms with E-state index in [-0.39, 0.29) is 12.5 Å². The first kappa shape index (κ1) is 17.7. The highest BCUT2D eigenvalue weighted by Crippen LogP contribution is 2.33. The molecule has 0 aromatic heterocycles. The van der Waals surface area contributed by atoms with Crippen LogP contribution in [-0.4, -0.2) is 20.1 Å². The van der Waals surface area contributed by atoms with E-state index >= 15 is 0 Å². The predicted octanol–water partition coefficient (Wildman–Crippen LogP) is 4.59. The minimum atomic E-state index is -0.305. The van der Waals surface area contributed by atoms with Gasteiger partial charge in [-0.15, -0.1) is 0 Å². The van der Waals surface area contributed by atoms with Crippen LogP contribution < -0.4 is 14.8 Å². The molecule has 0 saturated carbocycles. The number of carbonyl (C=O) groups excluding carboxylic acids is 1. The lowest BCUT2D eigenvalue weighted by Gasteiger charge is -2.12. The number of ether oxygens (including phenoxy) is 2. The monoisotopic (exact) mass is 373 g/mol. The van der Waals surface area contributed by atoms with Crippen LogP contribution in [-0.2, 0) is 6.54 Å². The maximum absolute atomic E-state index is 12.2. The molecule has 0 spiro atoms. The summed E-state index contributed by atoms with van der Waals surface area (Å²) in [5.41, 5.74) is 1.07. The van der Waals surface area contributed by atoms with Gasteiger partial charge in [-0.1, -0.05) is 34.8 Å². The Bertz CT molecular complexity index is 715. The summed E-state index contributed by atoms with van der Waals surface area (Å²) in [5, 5.41) is 4.02. The van der Waals surface area contributed by atoms with Crippen molar-refractivity contribution in [3.05, 3.63) is 56.5 Å². The minimum Gasteiger partial charge on any atom is -0.493 e. The number of carbonyl (C=O) groups is 1. The minimum absolute atomic E-state index is 0.224. The van der Waals surface area contributed by atoms with Crippen molar-refractivity contribution in [1.29, 1.82) is 0 Å². The molecule has 0 aliphatic heterocycles. The van der Waals surface area contributed by atoms with Crippen LogP contribution in [0.25, 0.3) is 0 Å². The Labute approximate surface area is 149 Å². The fourth-order valence-electron chi connectivity index (χ4n) is 1.99. The molecule has 2 rings (SSSR count). The average Bonchev–Trinajstić information content (AvgIpc) is 2.52. The van der Waals surface area contributed by atoms with Crippen molar-refractivity contribution in [2.75, 3.05) is 14.2 Å². The highest BCUT2D eigenvalue weighted by molar-refractivity contribution is 6.35. The summed E-state index contributed by atoms with van der Waals surface area (Å²) in [6, 6.07) is 7.99. The molecule has 2 aromatic carbocycles. The van der Waals surface area contributed by atoms with Crippen LogP contribution >= 0.6 is 34.8 Å². The third kappa shape index (κ3) is 4.44. The standard InChI is InChI=1S/C16H14Cl3NO3/c1-22-14-5-10(13(19)7-15(14)23-2)8-20-16(21)9-3-11(17)6-12(18)4-9/h3-7H,8H2,1-2H3,(H,20,21). The van der Waals surface area contributed by atoms with Crippen LogP contribution in [0.4, 0.5) is 0 Å². The van der Waals surface area contributed by atoms with Gasteiger partial charge in [0.1, 0.15) is 0 Å². The quantitative estimate of drug-likeness (QED) is 0.832. The summed E-state index contributed by atoms with van der Waals surface area (Å²) in [5.74, 6) is 0.751. The second kappa shape index (κ2) is 7.77. The summed E-state index contributed by atoms with van der Waals surface area (Å²) in [4.78, 5) is 12.2. The number of hydrogen-bond donors (Lipinski definition) is 1. The summed E-state index contributed by atoms with van der Waals surface area (Å²) < 4.78 is 10.4. The smallest absolute Gasteiger partial charge is 0.251 e. The molecule has 0 aliphatic carbocycles. The SMILES string of the molecule is COc1cc(Cl)c(CNC(=O)c2cc(Cl)cc(Cl)c2)cc1OC. The van der Waals surface area contributed by atoms with Crippen LogP contribution in [0.1, 0.15) is 15.9 Å². The second-order valence-electron chi connectivity index (χ2n) is 4.64. The van der Waals surface area contributed by atoms with E-state index in [0.717, 1.165) is 0 Å². The molecule has 1 amide bonds. The average molecular weight is 375 g/mol. The molecule has 0 fully saturated rings. The molecule has 4 nitrogen and oxygen atoms in total. The van der Waals surface area contributed by atoms with Gasteiger partial charge in [0.2, 0.25) is 0 Å². The van der Waals surface area contributed by atoms with E-state index in [1.165, 1.54) is 14.2 Å². The molecule has 0 unspecified atom stereocenters. The Balaban J connectivity index is 2.15. The maximum Gasteiger partial charge on any atom is 0.251 e. The highest BCUT2D eigenvalue weighted by atomic mass is 35.5. The molecule has 23 heavy (non-hydrogen) atoms. The number of nitrogens with one attached hydrogen (secondary N) is 1. The van der Waals surface area contributed by atoms with Crippen molar-refractivity contribution >= 4 is 40.7 Å². The van der Waals surface area contributed by atoms with Crippen molar-refractivity contribution in [2.45, 2.75) is 6.54 Å². The summed E-state index contributed by atoms with van der Waals surface area (Å²) in [6.45, 7) is 0.224. The van der Waals surface area contributed by atoms with E-state index in [9.17, 15) is 4.79 Å². The maximum atomic E-state index is 12.2. The van der Waals surface area contributed by atoms with Crippen molar-refractivity contribution in [3.63, 3.8) is 0 Å². The van der Waals surface area contributed by atoms with Crippen molar-refractivity contribution in [3.8, 4) is 11.5 Å². The first-order valence-electron chi connectivity index (χ1n) is 6.59. The Morgan fingerprint density at radius 2 is 1.52 bits per heavy atom. The Morgan fingerprint density at radius 1 is 0.957 bits per heavy atom. The van der Waals surface area contributed by atoms with Gasteiger partial charge in [-0.3, -0.25) is 4.79 Å². The molecule has 122 valence electrons. The third-order valence-corrected chi connectivity index (χ3v) is 3.91. The van der Waals surface area contributed by atoms with Crippen molar-refractivity contribution in [1.82, 2.24) is 5.32 Å². The Morgan fingerprint density at radius 3 is 2.09 bits per heavy atom. The molecule has 0 aliphatic rings. The second-order valence-corrected chi connectivity index (χ2v) is 5.92. The number of methoxy groups -OCH3 is 2. The molecular formula is C16H14Cl3NO3. The lowest BCUT2D eigenvalue weighted by Crippen LogP contribution is -2.23. The van der Waals surface area contributed by atoms with Gasteiger partial charge < -0.3 is 14.8 Å². The number of benzene rings is 2. The Hall–Kier alpha value is -1.62. The summed E-state index contributed by atoms with van der Waals surface area (Å²) in [6.07, 6.45) is 0. The molecule has 7 heteroatoms. The normalized spacial score (nSPS) is 10.3. The fourth-order valence-corrected chi connectivity index (χ4v) is 2.74. The first-order valence-corrected chi connectivity index (χ1v) is 7.72. The zero-order chi connectivity index (χ0) is 17.0. The lowest BCUT2D eigenvalue weighted by molar-refractivity contribution is 0.0951. The van der Waals surface area contributed by atoms with E-state index in [1.807, 2.05) is 0 Å². The molecular weight excluding hydrogens is 361 g/mol. The van der Waals surface area contributed by atoms with Crippen LogP contribution in [0.3, 0.4) is 0 Å². The molecule has 1 N–H and O–H groups in total. The topological polar surface area (TPSA) is 47.6 Å². The largest absolute Gasteiger partial charge is 0.493 e. The lowest BCUT2D eigenvalue weighted by atomic mass is 10.1. The van der Waals surface area contributed by atoms with Crippen LogP contribution in [0.15, 0.2) is 30.3 Å². The summed E-state index contributed by atoms with van der Waals surface area (Å²) >= 11 is 18.0. The van der Waals surface area contributed by atoms with Gasteiger partial charge in [0.05, 0.1) is 14.2 Å². The van der Waals surface area contributed by atoms with E-state index in [0.29, 0.717) is 37.7 Å². The molecule has 0 saturated heterocycles. The van der Waals surface area contributed by atoms with E-state index in [4.69, 9.17) is 44.3 Å². The third-order valence-electron chi connectivity index (χ3n) is 3.12. The predicted molar refractivity (Wildman–Crippen MR) is 92.2 cm³/mol. The van der Waals surface area contributed by atoms with E-state index in [1.54, 1.807) is 30.3 Å². The van der Waals surface area contributed by atoms with Crippen molar-refractivity contribution in [2.24, 2.45) is 0 Å². The molecule has 2 aromatic rings.